The summed E-state index contributed by atoms with van der Waals surface area (Å²) in [7, 11) is 1.59. The number of rotatable bonds is 9. The van der Waals surface area contributed by atoms with E-state index in [1.165, 1.54) is 24.3 Å². The summed E-state index contributed by atoms with van der Waals surface area (Å²) in [4.78, 5) is 23.7. The van der Waals surface area contributed by atoms with E-state index < -0.39 is 12.5 Å². The molecule has 0 bridgehead atoms. The average molecular weight is 378 g/mol. The Balaban J connectivity index is 1.70. The Bertz CT molecular complexity index is 749. The molecule has 0 aliphatic heterocycles. The van der Waals surface area contributed by atoms with Crippen molar-refractivity contribution < 1.29 is 27.8 Å². The summed E-state index contributed by atoms with van der Waals surface area (Å²) in [5.41, 5.74) is 1.29. The molecule has 2 amide bonds. The molecule has 144 valence electrons. The first-order chi connectivity index (χ1) is 13.0. The summed E-state index contributed by atoms with van der Waals surface area (Å²) in [5, 5.41) is 5.18. The lowest BCUT2D eigenvalue weighted by atomic mass is 10.1. The van der Waals surface area contributed by atoms with Crippen molar-refractivity contribution in [2.24, 2.45) is 0 Å². The monoisotopic (exact) mass is 378 g/mol. The van der Waals surface area contributed by atoms with Gasteiger partial charge in [-0.05, 0) is 48.4 Å². The molecule has 8 heteroatoms. The van der Waals surface area contributed by atoms with Gasteiger partial charge in [0.25, 0.3) is 5.91 Å². The van der Waals surface area contributed by atoms with Gasteiger partial charge in [-0.2, -0.15) is 8.78 Å². The molecule has 6 nitrogen and oxygen atoms in total. The summed E-state index contributed by atoms with van der Waals surface area (Å²) < 4.78 is 33.4. The van der Waals surface area contributed by atoms with Gasteiger partial charge in [-0.3, -0.25) is 9.59 Å². The number of halogens is 2. The van der Waals surface area contributed by atoms with Crippen LogP contribution < -0.4 is 20.1 Å². The zero-order chi connectivity index (χ0) is 19.6. The van der Waals surface area contributed by atoms with E-state index in [9.17, 15) is 18.4 Å². The number of benzene rings is 2. The fourth-order valence-corrected chi connectivity index (χ4v) is 2.25. The minimum Gasteiger partial charge on any atom is -0.497 e. The zero-order valence-electron chi connectivity index (χ0n) is 14.7. The van der Waals surface area contributed by atoms with E-state index in [0.717, 1.165) is 11.3 Å². The molecule has 2 aromatic carbocycles. The van der Waals surface area contributed by atoms with Crippen LogP contribution in [0.4, 0.5) is 8.78 Å². The van der Waals surface area contributed by atoms with Crippen LogP contribution in [0, 0.1) is 0 Å². The smallest absolute Gasteiger partial charge is 0.387 e. The van der Waals surface area contributed by atoms with E-state index >= 15 is 0 Å². The Labute approximate surface area is 155 Å². The predicted octanol–water partition coefficient (Wildman–Crippen LogP) is 2.39. The maximum atomic E-state index is 12.1. The number of ether oxygens (including phenoxy) is 2. The summed E-state index contributed by atoms with van der Waals surface area (Å²) in [5.74, 6) is -0.0875. The molecule has 0 aliphatic carbocycles. The number of nitrogens with one attached hydrogen (secondary N) is 2. The highest BCUT2D eigenvalue weighted by Crippen LogP contribution is 2.14. The molecule has 0 spiro atoms. The van der Waals surface area contributed by atoms with Crippen LogP contribution in [0.25, 0.3) is 0 Å². The minimum atomic E-state index is -2.92. The first-order valence-corrected chi connectivity index (χ1v) is 8.20. The van der Waals surface area contributed by atoms with E-state index in [1.54, 1.807) is 7.11 Å². The van der Waals surface area contributed by atoms with Crippen LogP contribution in [0.5, 0.6) is 11.5 Å². The van der Waals surface area contributed by atoms with E-state index in [2.05, 4.69) is 15.4 Å². The van der Waals surface area contributed by atoms with E-state index in [4.69, 9.17) is 4.74 Å². The van der Waals surface area contributed by atoms with E-state index in [-0.39, 0.29) is 23.8 Å². The summed E-state index contributed by atoms with van der Waals surface area (Å²) in [6.07, 6.45) is 0.648. The summed E-state index contributed by atoms with van der Waals surface area (Å²) in [6.45, 7) is -2.68. The molecule has 0 heterocycles. The fraction of sp³-hybridized carbons (Fsp3) is 0.263. The number of hydrogen-bond acceptors (Lipinski definition) is 4. The van der Waals surface area contributed by atoms with Crippen LogP contribution in [0.1, 0.15) is 15.9 Å². The van der Waals surface area contributed by atoms with Crippen LogP contribution in [-0.4, -0.2) is 38.6 Å². The molecular formula is C19H20F2N2O4. The van der Waals surface area contributed by atoms with Crippen LogP contribution in [-0.2, 0) is 11.2 Å². The summed E-state index contributed by atoms with van der Waals surface area (Å²) >= 11 is 0. The number of methoxy groups -OCH3 is 1. The molecule has 0 aliphatic rings. The third kappa shape index (κ3) is 6.93. The Morgan fingerprint density at radius 3 is 2.19 bits per heavy atom. The Hall–Kier alpha value is -3.16. The van der Waals surface area contributed by atoms with Gasteiger partial charge in [-0.25, -0.2) is 0 Å². The van der Waals surface area contributed by atoms with Gasteiger partial charge in [-0.1, -0.05) is 12.1 Å². The van der Waals surface area contributed by atoms with Gasteiger partial charge < -0.3 is 20.1 Å². The van der Waals surface area contributed by atoms with Gasteiger partial charge in [0, 0.05) is 12.1 Å². The van der Waals surface area contributed by atoms with E-state index in [0.29, 0.717) is 13.0 Å². The molecule has 0 unspecified atom stereocenters. The van der Waals surface area contributed by atoms with Crippen molar-refractivity contribution >= 4 is 11.8 Å². The van der Waals surface area contributed by atoms with Gasteiger partial charge in [0.05, 0.1) is 13.7 Å². The van der Waals surface area contributed by atoms with Crippen molar-refractivity contribution in [3.63, 3.8) is 0 Å². The lowest BCUT2D eigenvalue weighted by Crippen LogP contribution is -2.37. The molecule has 2 rings (SSSR count). The highest BCUT2D eigenvalue weighted by Gasteiger charge is 2.09. The lowest BCUT2D eigenvalue weighted by Gasteiger charge is -2.08. The molecule has 0 aromatic heterocycles. The van der Waals surface area contributed by atoms with E-state index in [1.807, 2.05) is 24.3 Å². The maximum absolute atomic E-state index is 12.1. The van der Waals surface area contributed by atoms with Gasteiger partial charge in [0.1, 0.15) is 11.5 Å². The van der Waals surface area contributed by atoms with Crippen molar-refractivity contribution in [3.8, 4) is 11.5 Å². The second kappa shape index (κ2) is 10.1. The zero-order valence-corrected chi connectivity index (χ0v) is 14.7. The molecule has 0 fully saturated rings. The molecule has 2 aromatic rings. The lowest BCUT2D eigenvalue weighted by molar-refractivity contribution is -0.120. The Kier molecular flexibility index (Phi) is 7.54. The molecule has 0 saturated heterocycles. The first kappa shape index (κ1) is 20.2. The van der Waals surface area contributed by atoms with Crippen LogP contribution in [0.15, 0.2) is 48.5 Å². The van der Waals surface area contributed by atoms with Crippen LogP contribution in [0.2, 0.25) is 0 Å². The Morgan fingerprint density at radius 1 is 0.963 bits per heavy atom. The number of carbonyl (C=O) groups excluding carboxylic acids is 2. The second-order valence-corrected chi connectivity index (χ2v) is 5.53. The number of carbonyl (C=O) groups is 2. The molecule has 0 atom stereocenters. The fourth-order valence-electron chi connectivity index (χ4n) is 2.25. The predicted molar refractivity (Wildman–Crippen MR) is 95.1 cm³/mol. The molecule has 0 radical (unpaired) electrons. The molecular weight excluding hydrogens is 358 g/mol. The highest BCUT2D eigenvalue weighted by atomic mass is 19.3. The third-order valence-electron chi connectivity index (χ3n) is 3.65. The minimum absolute atomic E-state index is 0.0437. The van der Waals surface area contributed by atoms with Crippen molar-refractivity contribution in [1.82, 2.24) is 10.6 Å². The van der Waals surface area contributed by atoms with Crippen molar-refractivity contribution in [3.05, 3.63) is 59.7 Å². The highest BCUT2D eigenvalue weighted by molar-refractivity contribution is 5.96. The van der Waals surface area contributed by atoms with Gasteiger partial charge in [-0.15, -0.1) is 0 Å². The van der Waals surface area contributed by atoms with Crippen molar-refractivity contribution in [2.45, 2.75) is 13.0 Å². The second-order valence-electron chi connectivity index (χ2n) is 5.53. The van der Waals surface area contributed by atoms with Gasteiger partial charge in [0.2, 0.25) is 5.91 Å². The summed E-state index contributed by atoms with van der Waals surface area (Å²) in [6, 6.07) is 12.7. The van der Waals surface area contributed by atoms with Crippen LogP contribution >= 0.6 is 0 Å². The largest absolute Gasteiger partial charge is 0.497 e. The van der Waals surface area contributed by atoms with Gasteiger partial charge in [0.15, 0.2) is 0 Å². The van der Waals surface area contributed by atoms with Gasteiger partial charge >= 0.3 is 6.61 Å². The van der Waals surface area contributed by atoms with Crippen molar-refractivity contribution in [2.75, 3.05) is 20.2 Å². The SMILES string of the molecule is COc1ccc(CCNC(=O)CNC(=O)c2ccc(OC(F)F)cc2)cc1. The average Bonchev–Trinajstić information content (AvgIpc) is 2.67. The van der Waals surface area contributed by atoms with Crippen LogP contribution in [0.3, 0.4) is 0 Å². The Morgan fingerprint density at radius 2 is 1.59 bits per heavy atom. The number of amides is 2. The third-order valence-corrected chi connectivity index (χ3v) is 3.65. The topological polar surface area (TPSA) is 76.7 Å². The quantitative estimate of drug-likeness (QED) is 0.703. The maximum Gasteiger partial charge on any atom is 0.387 e. The normalized spacial score (nSPS) is 10.4. The number of hydrogen-bond donors (Lipinski definition) is 2. The standard InChI is InChI=1S/C19H20F2N2O4/c1-26-15-6-2-13(3-7-15)10-11-22-17(24)12-23-18(25)14-4-8-16(9-5-14)27-19(20)21/h2-9,19H,10-12H2,1H3,(H,22,24)(H,23,25). The van der Waals surface area contributed by atoms with Crippen molar-refractivity contribution in [1.29, 1.82) is 0 Å². The number of alkyl halides is 2. The molecule has 2 N–H and O–H groups in total. The molecule has 27 heavy (non-hydrogen) atoms. The first-order valence-electron chi connectivity index (χ1n) is 8.20. The molecule has 0 saturated carbocycles.